The van der Waals surface area contributed by atoms with Crippen molar-refractivity contribution in [1.29, 1.82) is 0 Å². The molecule has 0 spiro atoms. The fourth-order valence-electron chi connectivity index (χ4n) is 3.16. The van der Waals surface area contributed by atoms with E-state index in [1.54, 1.807) is 0 Å². The van der Waals surface area contributed by atoms with Gasteiger partial charge in [-0.05, 0) is 92.7 Å². The van der Waals surface area contributed by atoms with Crippen molar-refractivity contribution < 1.29 is 14.6 Å². The number of aliphatic carboxylic acids is 1. The largest absolute Gasteiger partial charge is 0.491 e. The van der Waals surface area contributed by atoms with Crippen molar-refractivity contribution in [2.24, 2.45) is 0 Å². The highest BCUT2D eigenvalue weighted by Crippen LogP contribution is 2.29. The smallest absolute Gasteiger partial charge is 0.303 e. The number of unbranched alkanes of at least 4 members (excludes halogenated alkanes) is 12. The molecule has 0 radical (unpaired) electrons. The molecule has 160 valence electrons. The number of carboxylic acids is 1. The van der Waals surface area contributed by atoms with Crippen molar-refractivity contribution in [2.45, 2.75) is 89.9 Å². The molecule has 6 heteroatoms. The lowest BCUT2D eigenvalue weighted by molar-refractivity contribution is -0.137. The van der Waals surface area contributed by atoms with Gasteiger partial charge in [0.25, 0.3) is 0 Å². The highest BCUT2D eigenvalue weighted by molar-refractivity contribution is 14.1. The van der Waals surface area contributed by atoms with Gasteiger partial charge in [-0.3, -0.25) is 4.79 Å². The van der Waals surface area contributed by atoms with Gasteiger partial charge in [0.1, 0.15) is 5.75 Å². The molecule has 0 fully saturated rings. The number of carboxylic acid groups (broad SMARTS) is 1. The third-order valence-corrected chi connectivity index (χ3v) is 6.97. The Bertz CT molecular complexity index is 541. The first-order chi connectivity index (χ1) is 13.5. The second-order valence-corrected chi connectivity index (χ2v) is 10.9. The second-order valence-electron chi connectivity index (χ2n) is 7.29. The highest BCUT2D eigenvalue weighted by Gasteiger charge is 2.07. The molecule has 0 aromatic heterocycles. The molecule has 28 heavy (non-hydrogen) atoms. The number of benzene rings is 1. The van der Waals surface area contributed by atoms with Crippen LogP contribution < -0.4 is 4.74 Å². The van der Waals surface area contributed by atoms with Gasteiger partial charge in [-0.15, -0.1) is 0 Å². The van der Waals surface area contributed by atoms with E-state index in [1.807, 2.05) is 0 Å². The molecule has 3 nitrogen and oxygen atoms in total. The molecule has 0 unspecified atom stereocenters. The number of hydrogen-bond donors (Lipinski definition) is 1. The van der Waals surface area contributed by atoms with E-state index in [0.29, 0.717) is 6.42 Å². The number of carbonyl (C=O) groups is 1. The molecule has 0 atom stereocenters. The van der Waals surface area contributed by atoms with Crippen LogP contribution in [0.2, 0.25) is 0 Å². The molecular weight excluding hydrogens is 693 g/mol. The van der Waals surface area contributed by atoms with E-state index in [4.69, 9.17) is 9.84 Å². The van der Waals surface area contributed by atoms with E-state index >= 15 is 0 Å². The SMILES string of the molecule is O=C(O)CCCCCCCCCCCCCCCOc1c(I)cc(I)cc1I. The van der Waals surface area contributed by atoms with E-state index in [1.165, 1.54) is 74.9 Å². The summed E-state index contributed by atoms with van der Waals surface area (Å²) in [6.45, 7) is 0.819. The Labute approximate surface area is 211 Å². The minimum atomic E-state index is -0.664. The van der Waals surface area contributed by atoms with Gasteiger partial charge in [0.15, 0.2) is 0 Å². The van der Waals surface area contributed by atoms with Crippen LogP contribution in [-0.4, -0.2) is 17.7 Å². The van der Waals surface area contributed by atoms with Gasteiger partial charge >= 0.3 is 5.97 Å². The minimum Gasteiger partial charge on any atom is -0.491 e. The minimum absolute atomic E-state index is 0.330. The van der Waals surface area contributed by atoms with Crippen LogP contribution in [0.3, 0.4) is 0 Å². The van der Waals surface area contributed by atoms with E-state index < -0.39 is 5.97 Å². The van der Waals surface area contributed by atoms with Gasteiger partial charge in [0.05, 0.1) is 13.7 Å². The van der Waals surface area contributed by atoms with Crippen LogP contribution in [0.5, 0.6) is 5.75 Å². The maximum atomic E-state index is 10.4. The summed E-state index contributed by atoms with van der Waals surface area (Å²) in [6, 6.07) is 4.33. The van der Waals surface area contributed by atoms with E-state index in [0.717, 1.165) is 31.6 Å². The summed E-state index contributed by atoms with van der Waals surface area (Å²) in [5, 5.41) is 8.59. The maximum Gasteiger partial charge on any atom is 0.303 e. The highest BCUT2D eigenvalue weighted by atomic mass is 127. The van der Waals surface area contributed by atoms with Crippen LogP contribution in [-0.2, 0) is 4.79 Å². The van der Waals surface area contributed by atoms with Crippen molar-refractivity contribution >= 4 is 73.7 Å². The fraction of sp³-hybridized carbons (Fsp3) is 0.682. The lowest BCUT2D eigenvalue weighted by Crippen LogP contribution is -2.01. The summed E-state index contributed by atoms with van der Waals surface area (Å²) in [4.78, 5) is 10.4. The Hall–Kier alpha value is 0.680. The molecule has 1 aromatic carbocycles. The Balaban J connectivity index is 1.85. The molecule has 0 amide bonds. The Morgan fingerprint density at radius 1 is 0.714 bits per heavy atom. The zero-order valence-electron chi connectivity index (χ0n) is 16.7. The average Bonchev–Trinajstić information content (AvgIpc) is 2.62. The van der Waals surface area contributed by atoms with Crippen molar-refractivity contribution in [3.63, 3.8) is 0 Å². The molecule has 0 aliphatic rings. The zero-order valence-corrected chi connectivity index (χ0v) is 23.1. The molecule has 1 N–H and O–H groups in total. The summed E-state index contributed by atoms with van der Waals surface area (Å²) in [6.07, 6.45) is 16.4. The van der Waals surface area contributed by atoms with Gasteiger partial charge < -0.3 is 9.84 Å². The summed E-state index contributed by atoms with van der Waals surface area (Å²) in [7, 11) is 0. The van der Waals surface area contributed by atoms with Crippen LogP contribution in [0.25, 0.3) is 0 Å². The van der Waals surface area contributed by atoms with Crippen LogP contribution in [0.15, 0.2) is 12.1 Å². The number of hydrogen-bond acceptors (Lipinski definition) is 2. The van der Waals surface area contributed by atoms with Crippen LogP contribution >= 0.6 is 67.8 Å². The summed E-state index contributed by atoms with van der Waals surface area (Å²) < 4.78 is 9.66. The summed E-state index contributed by atoms with van der Waals surface area (Å²) in [5.74, 6) is 0.381. The normalized spacial score (nSPS) is 11.0. The fourth-order valence-corrected chi connectivity index (χ4v) is 7.06. The predicted octanol–water partition coefficient (Wildman–Crippen LogP) is 8.43. The van der Waals surface area contributed by atoms with Gasteiger partial charge in [-0.1, -0.05) is 70.6 Å². The second kappa shape index (κ2) is 17.4. The van der Waals surface area contributed by atoms with Crippen molar-refractivity contribution in [2.75, 3.05) is 6.61 Å². The predicted molar refractivity (Wildman–Crippen MR) is 142 cm³/mol. The Morgan fingerprint density at radius 3 is 1.54 bits per heavy atom. The first-order valence-corrected chi connectivity index (χ1v) is 13.7. The van der Waals surface area contributed by atoms with Crippen molar-refractivity contribution in [3.8, 4) is 5.75 Å². The third-order valence-electron chi connectivity index (χ3n) is 4.74. The van der Waals surface area contributed by atoms with E-state index in [9.17, 15) is 4.79 Å². The summed E-state index contributed by atoms with van der Waals surface area (Å²) in [5.41, 5.74) is 0. The topological polar surface area (TPSA) is 46.5 Å². The number of ether oxygens (including phenoxy) is 1. The first kappa shape index (κ1) is 26.7. The molecule has 0 heterocycles. The molecule has 1 aromatic rings. The van der Waals surface area contributed by atoms with Gasteiger partial charge in [-0.2, -0.15) is 0 Å². The Kier molecular flexibility index (Phi) is 16.6. The first-order valence-electron chi connectivity index (χ1n) is 10.5. The van der Waals surface area contributed by atoms with E-state index in [-0.39, 0.29) is 0 Å². The summed E-state index contributed by atoms with van der Waals surface area (Å²) >= 11 is 7.07. The zero-order chi connectivity index (χ0) is 20.6. The van der Waals surface area contributed by atoms with Gasteiger partial charge in [0, 0.05) is 9.99 Å². The quantitative estimate of drug-likeness (QED) is 0.130. The van der Waals surface area contributed by atoms with Crippen LogP contribution in [0.1, 0.15) is 89.9 Å². The number of rotatable bonds is 17. The molecule has 0 saturated carbocycles. The third kappa shape index (κ3) is 13.8. The molecule has 0 bridgehead atoms. The Morgan fingerprint density at radius 2 is 1.11 bits per heavy atom. The van der Waals surface area contributed by atoms with Gasteiger partial charge in [-0.25, -0.2) is 0 Å². The number of halogens is 3. The van der Waals surface area contributed by atoms with Crippen molar-refractivity contribution in [1.82, 2.24) is 0 Å². The standard InChI is InChI=1S/C22H33I3O3/c23-18-16-19(24)22(20(25)17-18)28-15-13-11-9-7-5-3-1-2-4-6-8-10-12-14-21(26)27/h16-17H,1-15H2,(H,26,27). The van der Waals surface area contributed by atoms with Crippen LogP contribution in [0, 0.1) is 10.7 Å². The lowest BCUT2D eigenvalue weighted by atomic mass is 10.0. The average molecular weight is 726 g/mol. The monoisotopic (exact) mass is 726 g/mol. The molecular formula is C22H33I3O3. The van der Waals surface area contributed by atoms with Crippen LogP contribution in [0.4, 0.5) is 0 Å². The maximum absolute atomic E-state index is 10.4. The molecule has 0 aliphatic carbocycles. The van der Waals surface area contributed by atoms with Gasteiger partial charge in [0.2, 0.25) is 0 Å². The lowest BCUT2D eigenvalue weighted by Gasteiger charge is -2.11. The van der Waals surface area contributed by atoms with E-state index in [2.05, 4.69) is 79.9 Å². The van der Waals surface area contributed by atoms with Crippen molar-refractivity contribution in [3.05, 3.63) is 22.8 Å². The molecule has 0 aliphatic heterocycles. The molecule has 0 saturated heterocycles. The molecule has 1 rings (SSSR count).